The van der Waals surface area contributed by atoms with E-state index in [0.717, 1.165) is 14.7 Å². The van der Waals surface area contributed by atoms with Crippen LogP contribution in [0.5, 0.6) is 11.5 Å². The zero-order valence-electron chi connectivity index (χ0n) is 12.4. The molecule has 2 aromatic carbocycles. The van der Waals surface area contributed by atoms with Gasteiger partial charge in [0.25, 0.3) is 0 Å². The highest BCUT2D eigenvalue weighted by molar-refractivity contribution is 14.1. The van der Waals surface area contributed by atoms with Gasteiger partial charge in [0.1, 0.15) is 6.61 Å². The van der Waals surface area contributed by atoms with E-state index in [0.29, 0.717) is 23.1 Å². The molecule has 0 aliphatic carbocycles. The Bertz CT molecular complexity index is 729. The number of carbonyl (C=O) groups excluding carboxylic acids is 1. The predicted octanol–water partition coefficient (Wildman–Crippen LogP) is 4.03. The van der Waals surface area contributed by atoms with Gasteiger partial charge >= 0.3 is 0 Å². The number of hydrogen-bond donors (Lipinski definition) is 1. The number of rotatable bonds is 6. The third-order valence-electron chi connectivity index (χ3n) is 2.99. The van der Waals surface area contributed by atoms with Gasteiger partial charge in [0, 0.05) is 11.1 Å². The lowest BCUT2D eigenvalue weighted by Crippen LogP contribution is -2.05. The van der Waals surface area contributed by atoms with Crippen molar-refractivity contribution in [2.24, 2.45) is 5.73 Å². The summed E-state index contributed by atoms with van der Waals surface area (Å²) in [5, 5.41) is 0.687. The van der Waals surface area contributed by atoms with Crippen molar-refractivity contribution in [3.05, 3.63) is 62.2 Å². The Morgan fingerprint density at radius 2 is 2.00 bits per heavy atom. The zero-order valence-corrected chi connectivity index (χ0v) is 15.3. The maximum absolute atomic E-state index is 10.8. The van der Waals surface area contributed by atoms with Gasteiger partial charge in [0.15, 0.2) is 11.5 Å². The molecule has 23 heavy (non-hydrogen) atoms. The smallest absolute Gasteiger partial charge is 0.241 e. The van der Waals surface area contributed by atoms with Crippen molar-refractivity contribution < 1.29 is 14.3 Å². The van der Waals surface area contributed by atoms with Gasteiger partial charge in [-0.2, -0.15) is 0 Å². The highest BCUT2D eigenvalue weighted by Gasteiger charge is 2.11. The number of ether oxygens (including phenoxy) is 2. The molecule has 2 N–H and O–H groups in total. The molecule has 0 heterocycles. The van der Waals surface area contributed by atoms with E-state index in [4.69, 9.17) is 26.8 Å². The number of amides is 1. The molecular formula is C17H15ClINO3. The Hall–Kier alpha value is -1.73. The summed E-state index contributed by atoms with van der Waals surface area (Å²) >= 11 is 8.03. The molecule has 0 fully saturated rings. The fourth-order valence-electron chi connectivity index (χ4n) is 1.89. The number of benzene rings is 2. The highest BCUT2D eigenvalue weighted by Crippen LogP contribution is 2.35. The molecule has 0 saturated heterocycles. The van der Waals surface area contributed by atoms with E-state index < -0.39 is 5.91 Å². The van der Waals surface area contributed by atoms with Gasteiger partial charge in [-0.1, -0.05) is 23.7 Å². The van der Waals surface area contributed by atoms with Crippen molar-refractivity contribution in [3.8, 4) is 11.5 Å². The summed E-state index contributed by atoms with van der Waals surface area (Å²) in [6.45, 7) is 0.403. The molecule has 0 aromatic heterocycles. The third kappa shape index (κ3) is 5.14. The third-order valence-corrected chi connectivity index (χ3v) is 4.04. The largest absolute Gasteiger partial charge is 0.493 e. The van der Waals surface area contributed by atoms with Gasteiger partial charge in [-0.15, -0.1) is 0 Å². The summed E-state index contributed by atoms with van der Waals surface area (Å²) in [7, 11) is 1.57. The van der Waals surface area contributed by atoms with Crippen molar-refractivity contribution in [2.75, 3.05) is 7.11 Å². The molecule has 1 amide bonds. The van der Waals surface area contributed by atoms with Crippen LogP contribution < -0.4 is 15.2 Å². The molecule has 0 aliphatic rings. The van der Waals surface area contributed by atoms with E-state index in [-0.39, 0.29) is 0 Å². The fourth-order valence-corrected chi connectivity index (χ4v) is 2.80. The van der Waals surface area contributed by atoms with Gasteiger partial charge in [-0.3, -0.25) is 4.79 Å². The lowest BCUT2D eigenvalue weighted by Gasteiger charge is -2.13. The van der Waals surface area contributed by atoms with Crippen LogP contribution in [0.25, 0.3) is 6.08 Å². The summed E-state index contributed by atoms with van der Waals surface area (Å²) in [6, 6.07) is 11.1. The van der Waals surface area contributed by atoms with Gasteiger partial charge in [-0.05, 0) is 64.1 Å². The van der Waals surface area contributed by atoms with Crippen LogP contribution in [0.3, 0.4) is 0 Å². The molecule has 0 unspecified atom stereocenters. The van der Waals surface area contributed by atoms with Crippen LogP contribution in [0.4, 0.5) is 0 Å². The first-order valence-electron chi connectivity index (χ1n) is 6.72. The minimum absolute atomic E-state index is 0.403. The normalized spacial score (nSPS) is 10.7. The van der Waals surface area contributed by atoms with E-state index >= 15 is 0 Å². The van der Waals surface area contributed by atoms with E-state index in [9.17, 15) is 4.79 Å². The lowest BCUT2D eigenvalue weighted by atomic mass is 10.2. The summed E-state index contributed by atoms with van der Waals surface area (Å²) in [4.78, 5) is 10.8. The number of hydrogen-bond acceptors (Lipinski definition) is 3. The molecule has 0 spiro atoms. The second-order valence-electron chi connectivity index (χ2n) is 4.68. The van der Waals surface area contributed by atoms with Crippen LogP contribution in [-0.4, -0.2) is 13.0 Å². The average Bonchev–Trinajstić information content (AvgIpc) is 2.53. The Morgan fingerprint density at radius 3 is 2.61 bits per heavy atom. The topological polar surface area (TPSA) is 61.5 Å². The SMILES string of the molecule is COc1cc(/C=C/C(N)=O)cc(I)c1OCc1ccc(Cl)cc1. The van der Waals surface area contributed by atoms with Crippen LogP contribution >= 0.6 is 34.2 Å². The summed E-state index contributed by atoms with van der Waals surface area (Å²) in [6.07, 6.45) is 2.94. The molecule has 2 aromatic rings. The van der Waals surface area contributed by atoms with Crippen molar-refractivity contribution in [2.45, 2.75) is 6.61 Å². The van der Waals surface area contributed by atoms with Gasteiger partial charge in [0.2, 0.25) is 5.91 Å². The standard InChI is InChI=1S/C17H15ClINO3/c1-22-15-9-12(4-7-16(20)21)8-14(19)17(15)23-10-11-2-5-13(18)6-3-11/h2-9H,10H2,1H3,(H2,20,21)/b7-4+. The molecule has 0 aliphatic heterocycles. The number of methoxy groups -OCH3 is 1. The summed E-state index contributed by atoms with van der Waals surface area (Å²) < 4.78 is 12.1. The second-order valence-corrected chi connectivity index (χ2v) is 6.28. The van der Waals surface area contributed by atoms with Crippen molar-refractivity contribution in [1.82, 2.24) is 0 Å². The van der Waals surface area contributed by atoms with E-state index in [1.807, 2.05) is 30.3 Å². The molecule has 0 saturated carbocycles. The summed E-state index contributed by atoms with van der Waals surface area (Å²) in [5.41, 5.74) is 6.92. The first-order chi connectivity index (χ1) is 11.0. The van der Waals surface area contributed by atoms with Crippen molar-refractivity contribution in [3.63, 3.8) is 0 Å². The van der Waals surface area contributed by atoms with Gasteiger partial charge in [-0.25, -0.2) is 0 Å². The molecule has 120 valence electrons. The van der Waals surface area contributed by atoms with Gasteiger partial charge in [0.05, 0.1) is 10.7 Å². The fraction of sp³-hybridized carbons (Fsp3) is 0.118. The quantitative estimate of drug-likeness (QED) is 0.542. The molecule has 2 rings (SSSR count). The Morgan fingerprint density at radius 1 is 1.30 bits per heavy atom. The second kappa shape index (κ2) is 8.21. The number of halogens is 2. The van der Waals surface area contributed by atoms with Crippen LogP contribution in [0.15, 0.2) is 42.5 Å². The Labute approximate surface area is 153 Å². The molecular weight excluding hydrogens is 429 g/mol. The lowest BCUT2D eigenvalue weighted by molar-refractivity contribution is -0.113. The van der Waals surface area contributed by atoms with Crippen molar-refractivity contribution >= 4 is 46.2 Å². The first-order valence-corrected chi connectivity index (χ1v) is 8.17. The zero-order chi connectivity index (χ0) is 16.8. The van der Waals surface area contributed by atoms with E-state index in [1.165, 1.54) is 6.08 Å². The maximum Gasteiger partial charge on any atom is 0.241 e. The molecule has 0 bridgehead atoms. The first kappa shape index (κ1) is 17.6. The minimum atomic E-state index is -0.498. The number of primary amides is 1. The van der Waals surface area contributed by atoms with Crippen LogP contribution in [-0.2, 0) is 11.4 Å². The highest BCUT2D eigenvalue weighted by atomic mass is 127. The van der Waals surface area contributed by atoms with Crippen LogP contribution in [0.1, 0.15) is 11.1 Å². The van der Waals surface area contributed by atoms with Crippen LogP contribution in [0.2, 0.25) is 5.02 Å². The molecule has 6 heteroatoms. The van der Waals surface area contributed by atoms with Crippen LogP contribution in [0, 0.1) is 3.57 Å². The molecule has 0 radical (unpaired) electrons. The Balaban J connectivity index is 2.20. The molecule has 4 nitrogen and oxygen atoms in total. The predicted molar refractivity (Wildman–Crippen MR) is 99.7 cm³/mol. The Kier molecular flexibility index (Phi) is 6.29. The maximum atomic E-state index is 10.8. The van der Waals surface area contributed by atoms with Crippen molar-refractivity contribution in [1.29, 1.82) is 0 Å². The van der Waals surface area contributed by atoms with Gasteiger partial charge < -0.3 is 15.2 Å². The number of nitrogens with two attached hydrogens (primary N) is 1. The van der Waals surface area contributed by atoms with E-state index in [2.05, 4.69) is 22.6 Å². The molecule has 0 atom stereocenters. The average molecular weight is 444 g/mol. The number of carbonyl (C=O) groups is 1. The minimum Gasteiger partial charge on any atom is -0.493 e. The summed E-state index contributed by atoms with van der Waals surface area (Å²) in [5.74, 6) is 0.747. The van der Waals surface area contributed by atoms with E-state index in [1.54, 1.807) is 19.3 Å². The monoisotopic (exact) mass is 443 g/mol.